The zero-order valence-corrected chi connectivity index (χ0v) is 14.5. The second-order valence-electron chi connectivity index (χ2n) is 3.78. The van der Waals surface area contributed by atoms with Gasteiger partial charge in [-0.25, -0.2) is 4.98 Å². The van der Waals surface area contributed by atoms with Crippen LogP contribution in [0.1, 0.15) is 12.7 Å². The van der Waals surface area contributed by atoms with Crippen molar-refractivity contribution in [2.24, 2.45) is 0 Å². The number of aryl methyl sites for hydroxylation is 1. The van der Waals surface area contributed by atoms with Crippen molar-refractivity contribution < 1.29 is 8.42 Å². The van der Waals surface area contributed by atoms with E-state index in [0.717, 1.165) is 8.04 Å². The van der Waals surface area contributed by atoms with E-state index in [-0.39, 0.29) is 5.03 Å². The number of nitrogens with one attached hydrogen (secondary N) is 2. The smallest absolute Gasteiger partial charge is 0.279 e. The number of hydrogen-bond acceptors (Lipinski definition) is 3. The van der Waals surface area contributed by atoms with Gasteiger partial charge in [0.05, 0.1) is 11.9 Å². The molecule has 0 bridgehead atoms. The van der Waals surface area contributed by atoms with Crippen LogP contribution in [0, 0.1) is 3.57 Å². The molecular formula is C11H11BrIN3O2S. The Kier molecular flexibility index (Phi) is 4.51. The molecule has 0 aliphatic carbocycles. The van der Waals surface area contributed by atoms with Crippen molar-refractivity contribution in [2.45, 2.75) is 18.4 Å². The highest BCUT2D eigenvalue weighted by Gasteiger charge is 2.18. The number of hydrogen-bond donors (Lipinski definition) is 2. The Hall–Kier alpha value is -0.610. The molecule has 0 saturated heterocycles. The molecule has 102 valence electrons. The molecule has 2 aromatic rings. The summed E-state index contributed by atoms with van der Waals surface area (Å²) in [4.78, 5) is 6.78. The van der Waals surface area contributed by atoms with Crippen LogP contribution < -0.4 is 4.72 Å². The van der Waals surface area contributed by atoms with Gasteiger partial charge in [0.1, 0.15) is 5.82 Å². The highest BCUT2D eigenvalue weighted by Crippen LogP contribution is 2.25. The molecule has 0 amide bonds. The number of aromatic amines is 1. The Morgan fingerprint density at radius 1 is 1.47 bits per heavy atom. The van der Waals surface area contributed by atoms with Crippen molar-refractivity contribution in [3.05, 3.63) is 38.3 Å². The van der Waals surface area contributed by atoms with E-state index in [1.807, 2.05) is 19.1 Å². The first kappa shape index (κ1) is 14.8. The van der Waals surface area contributed by atoms with Crippen LogP contribution in [-0.4, -0.2) is 18.4 Å². The Labute approximate surface area is 133 Å². The number of rotatable bonds is 4. The summed E-state index contributed by atoms with van der Waals surface area (Å²) in [5.41, 5.74) is 0.530. The predicted molar refractivity (Wildman–Crippen MR) is 85.6 cm³/mol. The van der Waals surface area contributed by atoms with Gasteiger partial charge in [0.25, 0.3) is 10.0 Å². The second kappa shape index (κ2) is 5.80. The Morgan fingerprint density at radius 3 is 2.84 bits per heavy atom. The van der Waals surface area contributed by atoms with Crippen molar-refractivity contribution in [1.29, 1.82) is 0 Å². The Morgan fingerprint density at radius 2 is 2.21 bits per heavy atom. The highest BCUT2D eigenvalue weighted by molar-refractivity contribution is 14.1. The van der Waals surface area contributed by atoms with E-state index in [1.54, 1.807) is 6.07 Å². The summed E-state index contributed by atoms with van der Waals surface area (Å²) in [6.45, 7) is 1.90. The van der Waals surface area contributed by atoms with Gasteiger partial charge in [-0.1, -0.05) is 22.9 Å². The first-order valence-electron chi connectivity index (χ1n) is 5.44. The van der Waals surface area contributed by atoms with E-state index < -0.39 is 10.0 Å². The quantitative estimate of drug-likeness (QED) is 0.695. The fourth-order valence-electron chi connectivity index (χ4n) is 1.43. The van der Waals surface area contributed by atoms with Crippen LogP contribution in [0.3, 0.4) is 0 Å². The molecule has 0 aliphatic rings. The number of imidazole rings is 1. The van der Waals surface area contributed by atoms with Gasteiger partial charge in [-0.15, -0.1) is 0 Å². The standard InChI is InChI=1S/C11H11BrIN3O2S/c1-2-10-14-6-11(15-10)19(17,18)16-9-5-7(12)3-4-8(9)13/h3-6,16H,2H2,1H3,(H,14,15). The third-order valence-electron chi connectivity index (χ3n) is 2.40. The van der Waals surface area contributed by atoms with Crippen LogP contribution in [0.2, 0.25) is 0 Å². The van der Waals surface area contributed by atoms with E-state index in [2.05, 4.69) is 53.2 Å². The number of benzene rings is 1. The summed E-state index contributed by atoms with van der Waals surface area (Å²) >= 11 is 5.39. The first-order chi connectivity index (χ1) is 8.92. The van der Waals surface area contributed by atoms with Crippen molar-refractivity contribution >= 4 is 54.2 Å². The molecule has 2 N–H and O–H groups in total. The Bertz CT molecular complexity index is 700. The molecule has 2 rings (SSSR count). The van der Waals surface area contributed by atoms with Gasteiger partial charge in [-0.2, -0.15) is 8.42 Å². The number of halogens is 2. The van der Waals surface area contributed by atoms with E-state index in [4.69, 9.17) is 0 Å². The molecule has 0 atom stereocenters. The predicted octanol–water partition coefficient (Wildman–Crippen LogP) is 3.14. The number of aromatic nitrogens is 2. The molecule has 1 aromatic heterocycles. The second-order valence-corrected chi connectivity index (χ2v) is 7.51. The maximum absolute atomic E-state index is 12.2. The zero-order valence-electron chi connectivity index (χ0n) is 9.94. The summed E-state index contributed by atoms with van der Waals surface area (Å²) < 4.78 is 28.6. The van der Waals surface area contributed by atoms with Crippen LogP contribution in [0.25, 0.3) is 0 Å². The molecule has 0 fully saturated rings. The van der Waals surface area contributed by atoms with Gasteiger partial charge in [0, 0.05) is 14.5 Å². The summed E-state index contributed by atoms with van der Waals surface area (Å²) in [6.07, 6.45) is 1.98. The average molecular weight is 456 g/mol. The van der Waals surface area contributed by atoms with Gasteiger partial charge in [-0.05, 0) is 40.8 Å². The molecule has 0 unspecified atom stereocenters. The van der Waals surface area contributed by atoms with Crippen LogP contribution in [-0.2, 0) is 16.4 Å². The molecule has 0 aliphatic heterocycles. The molecular weight excluding hydrogens is 445 g/mol. The van der Waals surface area contributed by atoms with Gasteiger partial charge in [-0.3, -0.25) is 4.72 Å². The monoisotopic (exact) mass is 455 g/mol. The molecule has 5 nitrogen and oxygen atoms in total. The van der Waals surface area contributed by atoms with Crippen LogP contribution >= 0.6 is 38.5 Å². The lowest BCUT2D eigenvalue weighted by Crippen LogP contribution is -2.14. The Balaban J connectivity index is 2.33. The average Bonchev–Trinajstić information content (AvgIpc) is 2.83. The third kappa shape index (κ3) is 3.48. The maximum Gasteiger partial charge on any atom is 0.279 e. The van der Waals surface area contributed by atoms with Crippen LogP contribution in [0.5, 0.6) is 0 Å². The van der Waals surface area contributed by atoms with Crippen molar-refractivity contribution in [3.63, 3.8) is 0 Å². The molecule has 0 spiro atoms. The number of nitrogens with zero attached hydrogens (tertiary/aromatic N) is 1. The first-order valence-corrected chi connectivity index (χ1v) is 8.79. The summed E-state index contributed by atoms with van der Waals surface area (Å²) in [5, 5.41) is 0.0696. The van der Waals surface area contributed by atoms with Gasteiger partial charge in [0.2, 0.25) is 0 Å². The van der Waals surface area contributed by atoms with Crippen molar-refractivity contribution in [3.8, 4) is 0 Å². The number of sulfonamides is 1. The van der Waals surface area contributed by atoms with Gasteiger partial charge in [0.15, 0.2) is 5.03 Å². The third-order valence-corrected chi connectivity index (χ3v) is 5.11. The molecule has 19 heavy (non-hydrogen) atoms. The summed E-state index contributed by atoms with van der Waals surface area (Å²) in [6, 6.07) is 5.40. The minimum atomic E-state index is -3.64. The van der Waals surface area contributed by atoms with Crippen molar-refractivity contribution in [1.82, 2.24) is 9.97 Å². The minimum absolute atomic E-state index is 0.0696. The summed E-state index contributed by atoms with van der Waals surface area (Å²) in [5.74, 6) is 0.643. The lowest BCUT2D eigenvalue weighted by molar-refractivity contribution is 0.598. The number of H-pyrrole nitrogens is 1. The van der Waals surface area contributed by atoms with Crippen LogP contribution in [0.15, 0.2) is 33.9 Å². The van der Waals surface area contributed by atoms with Gasteiger partial charge < -0.3 is 4.98 Å². The highest BCUT2D eigenvalue weighted by atomic mass is 127. The van der Waals surface area contributed by atoms with E-state index in [0.29, 0.717) is 17.9 Å². The SMILES string of the molecule is CCc1ncc(S(=O)(=O)Nc2cc(Br)ccc2I)[nH]1. The van der Waals surface area contributed by atoms with Gasteiger partial charge >= 0.3 is 0 Å². The zero-order chi connectivity index (χ0) is 14.0. The maximum atomic E-state index is 12.2. The molecule has 0 saturated carbocycles. The topological polar surface area (TPSA) is 74.8 Å². The normalized spacial score (nSPS) is 11.5. The van der Waals surface area contributed by atoms with E-state index in [9.17, 15) is 8.42 Å². The summed E-state index contributed by atoms with van der Waals surface area (Å²) in [7, 11) is -3.64. The van der Waals surface area contributed by atoms with Crippen LogP contribution in [0.4, 0.5) is 5.69 Å². The van der Waals surface area contributed by atoms with Crippen molar-refractivity contribution in [2.75, 3.05) is 4.72 Å². The molecule has 0 radical (unpaired) electrons. The minimum Gasteiger partial charge on any atom is -0.332 e. The molecule has 8 heteroatoms. The lowest BCUT2D eigenvalue weighted by atomic mass is 10.3. The fraction of sp³-hybridized carbons (Fsp3) is 0.182. The molecule has 1 aromatic carbocycles. The lowest BCUT2D eigenvalue weighted by Gasteiger charge is -2.08. The fourth-order valence-corrected chi connectivity index (χ4v) is 3.46. The number of anilines is 1. The van der Waals surface area contributed by atoms with E-state index in [1.165, 1.54) is 6.20 Å². The van der Waals surface area contributed by atoms with E-state index >= 15 is 0 Å². The molecule has 1 heterocycles. The largest absolute Gasteiger partial charge is 0.332 e.